The minimum atomic E-state index is 0.292. The molecule has 3 rings (SSSR count). The Bertz CT molecular complexity index is 536. The van der Waals surface area contributed by atoms with E-state index in [1.807, 2.05) is 18.4 Å². The topological polar surface area (TPSA) is 35.6 Å². The van der Waals surface area contributed by atoms with Crippen molar-refractivity contribution in [1.82, 2.24) is 15.1 Å². The third-order valence-corrected chi connectivity index (χ3v) is 6.67. The highest BCUT2D eigenvalue weighted by molar-refractivity contribution is 7.10. The second-order valence-electron chi connectivity index (χ2n) is 7.17. The van der Waals surface area contributed by atoms with Crippen molar-refractivity contribution in [2.75, 3.05) is 39.8 Å². The van der Waals surface area contributed by atoms with E-state index < -0.39 is 0 Å². The van der Waals surface area contributed by atoms with Gasteiger partial charge in [-0.1, -0.05) is 6.92 Å². The summed E-state index contributed by atoms with van der Waals surface area (Å²) in [6, 6.07) is 2.52. The molecule has 1 aromatic rings. The van der Waals surface area contributed by atoms with Crippen LogP contribution in [0.5, 0.6) is 0 Å². The van der Waals surface area contributed by atoms with Crippen LogP contribution < -0.4 is 5.32 Å². The predicted octanol–water partition coefficient (Wildman–Crippen LogP) is 2.91. The number of rotatable bonds is 6. The minimum absolute atomic E-state index is 0.292. The van der Waals surface area contributed by atoms with E-state index in [0.29, 0.717) is 18.5 Å². The second kappa shape index (κ2) is 8.45. The third kappa shape index (κ3) is 4.01. The van der Waals surface area contributed by atoms with Crippen LogP contribution in [0.4, 0.5) is 0 Å². The molecule has 24 heavy (non-hydrogen) atoms. The Kier molecular flexibility index (Phi) is 6.31. The zero-order valence-corrected chi connectivity index (χ0v) is 15.9. The van der Waals surface area contributed by atoms with Gasteiger partial charge >= 0.3 is 0 Å². The number of carbonyl (C=O) groups is 1. The Morgan fingerprint density at radius 3 is 2.83 bits per heavy atom. The number of hydrogen-bond donors (Lipinski definition) is 1. The Hall–Kier alpha value is -0.910. The molecule has 1 fully saturated rings. The van der Waals surface area contributed by atoms with Gasteiger partial charge in [-0.05, 0) is 81.7 Å². The van der Waals surface area contributed by atoms with Gasteiger partial charge in [-0.15, -0.1) is 11.3 Å². The highest BCUT2D eigenvalue weighted by atomic mass is 32.1. The summed E-state index contributed by atoms with van der Waals surface area (Å²) in [5, 5.41) is 5.42. The number of nitrogens with zero attached hydrogens (tertiary/aromatic N) is 2. The monoisotopic (exact) mass is 349 g/mol. The van der Waals surface area contributed by atoms with Crippen molar-refractivity contribution in [3.8, 4) is 0 Å². The smallest absolute Gasteiger partial charge is 0.237 e. The van der Waals surface area contributed by atoms with E-state index in [4.69, 9.17) is 0 Å². The molecule has 0 radical (unpaired) electrons. The summed E-state index contributed by atoms with van der Waals surface area (Å²) < 4.78 is 0. The quantitative estimate of drug-likeness (QED) is 0.858. The average molecular weight is 350 g/mol. The lowest BCUT2D eigenvalue weighted by atomic mass is 9.93. The molecule has 0 saturated carbocycles. The van der Waals surface area contributed by atoms with E-state index >= 15 is 0 Å². The lowest BCUT2D eigenvalue weighted by Gasteiger charge is -2.38. The Balaban J connectivity index is 1.52. The van der Waals surface area contributed by atoms with Gasteiger partial charge in [0.25, 0.3) is 0 Å². The van der Waals surface area contributed by atoms with Crippen molar-refractivity contribution in [2.24, 2.45) is 5.92 Å². The molecule has 0 aromatic carbocycles. The Morgan fingerprint density at radius 1 is 1.33 bits per heavy atom. The molecule has 1 aromatic heterocycles. The summed E-state index contributed by atoms with van der Waals surface area (Å²) in [5.41, 5.74) is 1.40. The molecule has 5 heteroatoms. The summed E-state index contributed by atoms with van der Waals surface area (Å²) in [7, 11) is 2.02. The van der Waals surface area contributed by atoms with Crippen LogP contribution in [0.15, 0.2) is 11.4 Å². The van der Waals surface area contributed by atoms with Crippen LogP contribution in [0.1, 0.15) is 49.1 Å². The van der Waals surface area contributed by atoms with E-state index in [1.54, 1.807) is 0 Å². The van der Waals surface area contributed by atoms with E-state index in [0.717, 1.165) is 44.9 Å². The fourth-order valence-electron chi connectivity index (χ4n) is 4.20. The first-order valence-corrected chi connectivity index (χ1v) is 10.3. The summed E-state index contributed by atoms with van der Waals surface area (Å²) >= 11 is 1.85. The van der Waals surface area contributed by atoms with Crippen molar-refractivity contribution >= 4 is 17.2 Å². The van der Waals surface area contributed by atoms with Crippen molar-refractivity contribution in [3.63, 3.8) is 0 Å². The fraction of sp³-hybridized carbons (Fsp3) is 0.737. The molecule has 2 aliphatic heterocycles. The largest absolute Gasteiger partial charge is 0.334 e. The molecule has 1 saturated heterocycles. The van der Waals surface area contributed by atoms with Gasteiger partial charge in [-0.2, -0.15) is 0 Å². The number of hydrogen-bond acceptors (Lipinski definition) is 4. The maximum Gasteiger partial charge on any atom is 0.237 e. The molecular formula is C19H31N3OS. The maximum absolute atomic E-state index is 12.9. The van der Waals surface area contributed by atoms with Gasteiger partial charge in [0, 0.05) is 11.4 Å². The van der Waals surface area contributed by atoms with E-state index in [1.165, 1.54) is 29.7 Å². The fourth-order valence-corrected chi connectivity index (χ4v) is 5.13. The number of piperidine rings is 1. The van der Waals surface area contributed by atoms with Crippen molar-refractivity contribution in [1.29, 1.82) is 0 Å². The van der Waals surface area contributed by atoms with Gasteiger partial charge in [0.1, 0.15) is 0 Å². The van der Waals surface area contributed by atoms with Crippen molar-refractivity contribution in [2.45, 2.75) is 45.1 Å². The molecule has 0 bridgehead atoms. The highest BCUT2D eigenvalue weighted by Crippen LogP contribution is 2.35. The molecule has 1 unspecified atom stereocenters. The normalized spacial score (nSPS) is 22.6. The molecule has 0 aliphatic carbocycles. The third-order valence-electron chi connectivity index (χ3n) is 5.67. The molecule has 3 heterocycles. The van der Waals surface area contributed by atoms with E-state index in [2.05, 4.69) is 33.5 Å². The number of thiophene rings is 1. The summed E-state index contributed by atoms with van der Waals surface area (Å²) in [4.78, 5) is 18.9. The van der Waals surface area contributed by atoms with Crippen LogP contribution in [0.25, 0.3) is 0 Å². The maximum atomic E-state index is 12.9. The minimum Gasteiger partial charge on any atom is -0.334 e. The van der Waals surface area contributed by atoms with Crippen LogP contribution in [0.3, 0.4) is 0 Å². The van der Waals surface area contributed by atoms with Crippen LogP contribution in [0, 0.1) is 5.92 Å². The average Bonchev–Trinajstić information content (AvgIpc) is 3.09. The molecule has 1 N–H and O–H groups in total. The summed E-state index contributed by atoms with van der Waals surface area (Å²) in [6.07, 6.45) is 5.79. The van der Waals surface area contributed by atoms with Crippen LogP contribution in [-0.2, 0) is 11.2 Å². The lowest BCUT2D eigenvalue weighted by molar-refractivity contribution is -0.135. The number of nitrogens with one attached hydrogen (secondary N) is 1. The standard InChI is InChI=1S/C19H31N3OS/c1-3-17-16-8-13-24-18(16)7-12-22(17)19(23)14-21-10-5-15(6-11-21)4-9-20-2/h8,13,15,17,20H,3-7,9-12,14H2,1-2H3. The highest BCUT2D eigenvalue weighted by Gasteiger charge is 2.31. The van der Waals surface area contributed by atoms with Crippen molar-refractivity contribution < 1.29 is 4.79 Å². The van der Waals surface area contributed by atoms with E-state index in [9.17, 15) is 4.79 Å². The molecule has 1 atom stereocenters. The number of carbonyl (C=O) groups excluding carboxylic acids is 1. The van der Waals surface area contributed by atoms with Gasteiger partial charge in [-0.3, -0.25) is 9.69 Å². The number of amides is 1. The molecular weight excluding hydrogens is 318 g/mol. The molecule has 1 amide bonds. The lowest BCUT2D eigenvalue weighted by Crippen LogP contribution is -2.46. The van der Waals surface area contributed by atoms with Crippen LogP contribution in [-0.4, -0.2) is 55.5 Å². The SMILES string of the molecule is CCC1c2ccsc2CCN1C(=O)CN1CCC(CCNC)CC1. The van der Waals surface area contributed by atoms with Gasteiger partial charge in [0.05, 0.1) is 12.6 Å². The van der Waals surface area contributed by atoms with Gasteiger partial charge in [-0.25, -0.2) is 0 Å². The van der Waals surface area contributed by atoms with Gasteiger partial charge in [0.2, 0.25) is 5.91 Å². The Labute approximate surface area is 150 Å². The molecule has 4 nitrogen and oxygen atoms in total. The first kappa shape index (κ1) is 17.9. The Morgan fingerprint density at radius 2 is 2.12 bits per heavy atom. The first-order chi connectivity index (χ1) is 11.7. The summed E-state index contributed by atoms with van der Waals surface area (Å²) in [6.45, 7) is 6.96. The molecule has 0 spiro atoms. The second-order valence-corrected chi connectivity index (χ2v) is 8.17. The zero-order chi connectivity index (χ0) is 16.9. The van der Waals surface area contributed by atoms with Gasteiger partial charge < -0.3 is 10.2 Å². The number of fused-ring (bicyclic) bond motifs is 1. The zero-order valence-electron chi connectivity index (χ0n) is 15.1. The van der Waals surface area contributed by atoms with Crippen LogP contribution >= 0.6 is 11.3 Å². The van der Waals surface area contributed by atoms with Crippen molar-refractivity contribution in [3.05, 3.63) is 21.9 Å². The van der Waals surface area contributed by atoms with Crippen LogP contribution in [0.2, 0.25) is 0 Å². The van der Waals surface area contributed by atoms with E-state index in [-0.39, 0.29) is 0 Å². The number of likely N-dealkylation sites (tertiary alicyclic amines) is 1. The molecule has 134 valence electrons. The first-order valence-electron chi connectivity index (χ1n) is 9.45. The predicted molar refractivity (Wildman–Crippen MR) is 100 cm³/mol. The molecule has 2 aliphatic rings. The van der Waals surface area contributed by atoms with Gasteiger partial charge in [0.15, 0.2) is 0 Å². The summed E-state index contributed by atoms with van der Waals surface area (Å²) in [5.74, 6) is 1.16.